The van der Waals surface area contributed by atoms with E-state index in [1.54, 1.807) is 0 Å². The lowest BCUT2D eigenvalue weighted by molar-refractivity contribution is 0.0952. The van der Waals surface area contributed by atoms with Gasteiger partial charge in [-0.05, 0) is 42.0 Å². The zero-order chi connectivity index (χ0) is 19.1. The Hall–Kier alpha value is -2.73. The highest BCUT2D eigenvalue weighted by molar-refractivity contribution is 6.06. The second kappa shape index (κ2) is 7.02. The molecule has 0 saturated heterocycles. The van der Waals surface area contributed by atoms with Gasteiger partial charge in [0.15, 0.2) is 0 Å². The van der Waals surface area contributed by atoms with Gasteiger partial charge >= 0.3 is 0 Å². The maximum Gasteiger partial charge on any atom is 0.259 e. The van der Waals surface area contributed by atoms with Gasteiger partial charge in [0.1, 0.15) is 0 Å². The molecule has 3 aromatic rings. The van der Waals surface area contributed by atoms with E-state index in [9.17, 15) is 4.79 Å². The van der Waals surface area contributed by atoms with E-state index >= 15 is 0 Å². The number of hydrogen-bond donors (Lipinski definition) is 2. The third-order valence-corrected chi connectivity index (χ3v) is 5.62. The Labute approximate surface area is 163 Å². The molecule has 2 aromatic heterocycles. The quantitative estimate of drug-likeness (QED) is 0.687. The Morgan fingerprint density at radius 3 is 2.93 bits per heavy atom. The Kier molecular flexibility index (Phi) is 4.36. The summed E-state index contributed by atoms with van der Waals surface area (Å²) in [4.78, 5) is 17.7. The first kappa shape index (κ1) is 17.4. The molecule has 1 saturated carbocycles. The number of carbonyl (C=O) groups excluding carboxylic acids is 1. The number of hydrogen-bond acceptors (Lipinski definition) is 5. The van der Waals surface area contributed by atoms with Gasteiger partial charge in [0.2, 0.25) is 0 Å². The van der Waals surface area contributed by atoms with Crippen molar-refractivity contribution in [3.05, 3.63) is 57.9 Å². The molecule has 28 heavy (non-hydrogen) atoms. The van der Waals surface area contributed by atoms with Gasteiger partial charge in [0, 0.05) is 31.2 Å². The Morgan fingerprint density at radius 2 is 2.11 bits per heavy atom. The second-order valence-corrected chi connectivity index (χ2v) is 7.82. The van der Waals surface area contributed by atoms with E-state index < -0.39 is 0 Å². The normalized spacial score (nSPS) is 15.8. The lowest BCUT2D eigenvalue weighted by Crippen LogP contribution is -2.23. The lowest BCUT2D eigenvalue weighted by Gasteiger charge is -2.09. The highest BCUT2D eigenvalue weighted by atomic mass is 16.5. The number of fused-ring (bicyclic) bond motifs is 2. The van der Waals surface area contributed by atoms with Crippen LogP contribution in [0.4, 0.5) is 0 Å². The monoisotopic (exact) mass is 376 g/mol. The predicted octanol–water partition coefficient (Wildman–Crippen LogP) is 3.59. The summed E-state index contributed by atoms with van der Waals surface area (Å²) in [6.45, 7) is 4.42. The molecular weight excluding hydrogens is 352 g/mol. The summed E-state index contributed by atoms with van der Waals surface area (Å²) in [6.07, 6.45) is 3.96. The average Bonchev–Trinajstić information content (AvgIpc) is 3.33. The van der Waals surface area contributed by atoms with Gasteiger partial charge < -0.3 is 15.2 Å². The first-order chi connectivity index (χ1) is 13.7. The maximum atomic E-state index is 13.1. The third kappa shape index (κ3) is 3.18. The van der Waals surface area contributed by atoms with Crippen LogP contribution in [0.15, 0.2) is 28.8 Å². The number of aryl methyl sites for hydroxylation is 1. The fraction of sp³-hybridized carbons (Fsp3) is 0.409. The SMILES string of the molecule is CCCc1noc2nc(C3CC3)cc(C(=O)NCc3ccc4c(c3)CNC4)c12. The van der Waals surface area contributed by atoms with Crippen LogP contribution in [-0.2, 0) is 26.1 Å². The fourth-order valence-corrected chi connectivity index (χ4v) is 3.94. The molecule has 1 fully saturated rings. The highest BCUT2D eigenvalue weighted by Gasteiger charge is 2.29. The number of nitrogens with one attached hydrogen (secondary N) is 2. The van der Waals surface area contributed by atoms with Crippen molar-refractivity contribution in [3.63, 3.8) is 0 Å². The van der Waals surface area contributed by atoms with Crippen molar-refractivity contribution in [2.75, 3.05) is 0 Å². The number of rotatable bonds is 6. The van der Waals surface area contributed by atoms with E-state index in [1.165, 1.54) is 11.1 Å². The van der Waals surface area contributed by atoms with Crippen LogP contribution in [0.3, 0.4) is 0 Å². The number of nitrogens with zero attached hydrogens (tertiary/aromatic N) is 2. The van der Waals surface area contributed by atoms with Gasteiger partial charge in [0.05, 0.1) is 16.6 Å². The summed E-state index contributed by atoms with van der Waals surface area (Å²) in [5.41, 5.74) is 6.66. The van der Waals surface area contributed by atoms with Crippen LogP contribution in [0.2, 0.25) is 0 Å². The van der Waals surface area contributed by atoms with E-state index in [2.05, 4.69) is 45.9 Å². The minimum absolute atomic E-state index is 0.0894. The molecule has 144 valence electrons. The van der Waals surface area contributed by atoms with Crippen LogP contribution < -0.4 is 10.6 Å². The molecule has 0 unspecified atom stereocenters. The van der Waals surface area contributed by atoms with Gasteiger partial charge in [-0.2, -0.15) is 0 Å². The Balaban J connectivity index is 1.43. The summed E-state index contributed by atoms with van der Waals surface area (Å²) in [5, 5.41) is 11.4. The standard InChI is InChI=1S/C22H24N4O2/c1-2-3-18-20-17(9-19(14-6-7-14)25-22(20)28-26-18)21(27)24-10-13-4-5-15-11-23-12-16(15)8-13/h4-5,8-9,14,23H,2-3,6-7,10-12H2,1H3,(H,24,27). The smallest absolute Gasteiger partial charge is 0.259 e. The molecule has 6 nitrogen and oxygen atoms in total. The van der Waals surface area contributed by atoms with Gasteiger partial charge in [-0.25, -0.2) is 4.98 Å². The minimum atomic E-state index is -0.0894. The molecule has 5 rings (SSSR count). The van der Waals surface area contributed by atoms with Crippen molar-refractivity contribution in [2.24, 2.45) is 0 Å². The van der Waals surface area contributed by atoms with Crippen molar-refractivity contribution in [2.45, 2.75) is 58.2 Å². The molecule has 0 radical (unpaired) electrons. The van der Waals surface area contributed by atoms with Gasteiger partial charge in [0.25, 0.3) is 11.6 Å². The largest absolute Gasteiger partial charge is 0.348 e. The number of pyridine rings is 1. The lowest BCUT2D eigenvalue weighted by atomic mass is 10.0. The van der Waals surface area contributed by atoms with Crippen LogP contribution in [0, 0.1) is 0 Å². The molecule has 1 aliphatic heterocycles. The molecule has 1 aromatic carbocycles. The molecule has 2 N–H and O–H groups in total. The first-order valence-corrected chi connectivity index (χ1v) is 10.1. The van der Waals surface area contributed by atoms with Crippen LogP contribution in [0.5, 0.6) is 0 Å². The van der Waals surface area contributed by atoms with Crippen molar-refractivity contribution in [3.8, 4) is 0 Å². The van der Waals surface area contributed by atoms with E-state index in [4.69, 9.17) is 4.52 Å². The Bertz CT molecular complexity index is 1050. The zero-order valence-corrected chi connectivity index (χ0v) is 16.0. The number of amides is 1. The number of benzene rings is 1. The second-order valence-electron chi connectivity index (χ2n) is 7.82. The molecule has 1 amide bonds. The van der Waals surface area contributed by atoms with Crippen LogP contribution in [0.25, 0.3) is 11.1 Å². The molecule has 0 spiro atoms. The summed E-state index contributed by atoms with van der Waals surface area (Å²) in [7, 11) is 0. The van der Waals surface area contributed by atoms with Crippen molar-refractivity contribution in [1.82, 2.24) is 20.8 Å². The first-order valence-electron chi connectivity index (χ1n) is 10.1. The summed E-state index contributed by atoms with van der Waals surface area (Å²) >= 11 is 0. The summed E-state index contributed by atoms with van der Waals surface area (Å²) in [6, 6.07) is 8.35. The fourth-order valence-electron chi connectivity index (χ4n) is 3.94. The van der Waals surface area contributed by atoms with Crippen molar-refractivity contribution in [1.29, 1.82) is 0 Å². The molecule has 6 heteroatoms. The molecule has 0 bridgehead atoms. The number of aromatic nitrogens is 2. The highest BCUT2D eigenvalue weighted by Crippen LogP contribution is 2.40. The average molecular weight is 376 g/mol. The maximum absolute atomic E-state index is 13.1. The van der Waals surface area contributed by atoms with Gasteiger partial charge in [-0.15, -0.1) is 0 Å². The topological polar surface area (TPSA) is 80.0 Å². The predicted molar refractivity (Wildman–Crippen MR) is 106 cm³/mol. The van der Waals surface area contributed by atoms with Crippen molar-refractivity contribution < 1.29 is 9.32 Å². The molecule has 1 aliphatic carbocycles. The molecule has 3 heterocycles. The minimum Gasteiger partial charge on any atom is -0.348 e. The molecular formula is C22H24N4O2. The van der Waals surface area contributed by atoms with Gasteiger partial charge in [-0.3, -0.25) is 4.79 Å². The third-order valence-electron chi connectivity index (χ3n) is 5.62. The van der Waals surface area contributed by atoms with Crippen LogP contribution in [0.1, 0.15) is 70.5 Å². The Morgan fingerprint density at radius 1 is 1.25 bits per heavy atom. The van der Waals surface area contributed by atoms with Gasteiger partial charge in [-0.1, -0.05) is 36.7 Å². The van der Waals surface area contributed by atoms with Crippen LogP contribution in [-0.4, -0.2) is 16.0 Å². The molecule has 2 aliphatic rings. The molecule has 0 atom stereocenters. The van der Waals surface area contributed by atoms with E-state index in [-0.39, 0.29) is 5.91 Å². The van der Waals surface area contributed by atoms with E-state index in [0.717, 1.165) is 61.1 Å². The van der Waals surface area contributed by atoms with E-state index in [0.29, 0.717) is 23.7 Å². The summed E-state index contributed by atoms with van der Waals surface area (Å²) in [5.74, 6) is 0.355. The summed E-state index contributed by atoms with van der Waals surface area (Å²) < 4.78 is 5.48. The van der Waals surface area contributed by atoms with E-state index in [1.807, 2.05) is 6.07 Å². The zero-order valence-electron chi connectivity index (χ0n) is 16.0. The number of carbonyl (C=O) groups is 1. The van der Waals surface area contributed by atoms with Crippen LogP contribution >= 0.6 is 0 Å². The van der Waals surface area contributed by atoms with Crippen molar-refractivity contribution >= 4 is 17.0 Å².